The quantitative estimate of drug-likeness (QED) is 0.805. The topological polar surface area (TPSA) is 93.7 Å². The van der Waals surface area contributed by atoms with Crippen molar-refractivity contribution in [3.8, 4) is 17.4 Å². The number of carbonyl (C=O) groups is 2. The van der Waals surface area contributed by atoms with E-state index in [9.17, 15) is 9.59 Å². The molecule has 28 heavy (non-hydrogen) atoms. The molecule has 0 spiro atoms. The smallest absolute Gasteiger partial charge is 0.330 e. The zero-order valence-corrected chi connectivity index (χ0v) is 16.1. The lowest BCUT2D eigenvalue weighted by atomic mass is 9.79. The van der Waals surface area contributed by atoms with Crippen molar-refractivity contribution in [3.63, 3.8) is 0 Å². The summed E-state index contributed by atoms with van der Waals surface area (Å²) in [5.74, 6) is 1.71. The molecule has 0 aliphatic carbocycles. The zero-order chi connectivity index (χ0) is 19.8. The van der Waals surface area contributed by atoms with Crippen LogP contribution in [0.2, 0.25) is 0 Å². The third-order valence-electron chi connectivity index (χ3n) is 6.03. The number of amides is 3. The van der Waals surface area contributed by atoms with Crippen LogP contribution in [0.1, 0.15) is 44.0 Å². The third kappa shape index (κ3) is 1.95. The number of hydrogen-bond acceptors (Lipinski definition) is 6. The molecule has 8 heteroatoms. The lowest BCUT2D eigenvalue weighted by molar-refractivity contribution is -0.121. The van der Waals surface area contributed by atoms with E-state index in [0.29, 0.717) is 30.4 Å². The molecule has 2 aromatic rings. The Hall–Kier alpha value is -3.16. The molecule has 0 bridgehead atoms. The van der Waals surface area contributed by atoms with Crippen LogP contribution in [0.3, 0.4) is 0 Å². The van der Waals surface area contributed by atoms with Gasteiger partial charge in [0, 0.05) is 0 Å². The van der Waals surface area contributed by atoms with Crippen LogP contribution >= 0.6 is 0 Å². The van der Waals surface area contributed by atoms with Gasteiger partial charge in [-0.2, -0.15) is 0 Å². The fourth-order valence-corrected chi connectivity index (χ4v) is 4.08. The minimum Gasteiger partial charge on any atom is -0.492 e. The van der Waals surface area contributed by atoms with Gasteiger partial charge in [0.15, 0.2) is 5.82 Å². The summed E-state index contributed by atoms with van der Waals surface area (Å²) in [6.07, 6.45) is 1.88. The molecule has 2 atom stereocenters. The van der Waals surface area contributed by atoms with Gasteiger partial charge >= 0.3 is 6.03 Å². The van der Waals surface area contributed by atoms with Crippen molar-refractivity contribution < 1.29 is 19.1 Å². The number of urea groups is 1. The van der Waals surface area contributed by atoms with Crippen LogP contribution in [0.5, 0.6) is 17.4 Å². The second-order valence-electron chi connectivity index (χ2n) is 7.95. The molecule has 1 fully saturated rings. The van der Waals surface area contributed by atoms with Gasteiger partial charge in [0.1, 0.15) is 29.3 Å². The van der Waals surface area contributed by atoms with Crippen molar-refractivity contribution in [2.45, 2.75) is 45.1 Å². The number of imide groups is 1. The van der Waals surface area contributed by atoms with E-state index in [-0.39, 0.29) is 11.7 Å². The van der Waals surface area contributed by atoms with E-state index in [2.05, 4.69) is 15.3 Å². The predicted octanol–water partition coefficient (Wildman–Crippen LogP) is 2.81. The summed E-state index contributed by atoms with van der Waals surface area (Å²) in [6, 6.07) is 3.36. The lowest BCUT2D eigenvalue weighted by Crippen LogP contribution is -2.43. The standard InChI is InChI=1S/C20H20N4O4/c1-5-20(4)17(25)24(18(26)23-20)12-8-21-16-15(22-12)19(3)9-27-14-10(2)6-7-11(28-16)13(14)19/h6-8H,5,9H2,1-4H3,(H,23,26)/t19?,20-/m1/s1. The summed E-state index contributed by atoms with van der Waals surface area (Å²) in [5, 5.41) is 2.74. The monoisotopic (exact) mass is 380 g/mol. The highest BCUT2D eigenvalue weighted by Gasteiger charge is 2.51. The zero-order valence-electron chi connectivity index (χ0n) is 16.1. The third-order valence-corrected chi connectivity index (χ3v) is 6.03. The van der Waals surface area contributed by atoms with Crippen molar-refractivity contribution in [1.82, 2.24) is 15.3 Å². The van der Waals surface area contributed by atoms with Crippen molar-refractivity contribution in [3.05, 3.63) is 35.2 Å². The van der Waals surface area contributed by atoms with Crippen LogP contribution in [0.4, 0.5) is 10.6 Å². The maximum Gasteiger partial charge on any atom is 0.330 e. The maximum atomic E-state index is 12.8. The van der Waals surface area contributed by atoms with Crippen LogP contribution in [0.15, 0.2) is 18.3 Å². The molecule has 8 nitrogen and oxygen atoms in total. The number of carbonyl (C=O) groups excluding carboxylic acids is 2. The fraction of sp³-hybridized carbons (Fsp3) is 0.400. The average Bonchev–Trinajstić information content (AvgIpc) is 3.15. The Bertz CT molecular complexity index is 1070. The Balaban J connectivity index is 1.64. The summed E-state index contributed by atoms with van der Waals surface area (Å²) in [5.41, 5.74) is 1.00. The van der Waals surface area contributed by atoms with Gasteiger partial charge in [-0.3, -0.25) is 4.79 Å². The summed E-state index contributed by atoms with van der Waals surface area (Å²) < 4.78 is 11.9. The predicted molar refractivity (Wildman–Crippen MR) is 99.9 cm³/mol. The van der Waals surface area contributed by atoms with E-state index in [1.807, 2.05) is 32.9 Å². The van der Waals surface area contributed by atoms with Gasteiger partial charge in [-0.05, 0) is 38.8 Å². The summed E-state index contributed by atoms with van der Waals surface area (Å²) >= 11 is 0. The molecule has 3 aliphatic heterocycles. The van der Waals surface area contributed by atoms with Gasteiger partial charge < -0.3 is 14.8 Å². The van der Waals surface area contributed by atoms with E-state index < -0.39 is 17.0 Å². The van der Waals surface area contributed by atoms with Gasteiger partial charge in [-0.15, -0.1) is 0 Å². The van der Waals surface area contributed by atoms with E-state index in [4.69, 9.17) is 9.47 Å². The van der Waals surface area contributed by atoms with Gasteiger partial charge in [-0.25, -0.2) is 19.7 Å². The highest BCUT2D eigenvalue weighted by atomic mass is 16.5. The second-order valence-corrected chi connectivity index (χ2v) is 7.95. The number of aryl methyl sites for hydroxylation is 1. The molecule has 1 aromatic heterocycles. The van der Waals surface area contributed by atoms with Gasteiger partial charge in [-0.1, -0.05) is 13.0 Å². The molecule has 1 unspecified atom stereocenters. The van der Waals surface area contributed by atoms with E-state index >= 15 is 0 Å². The Morgan fingerprint density at radius 3 is 2.79 bits per heavy atom. The SMILES string of the molecule is CC[C@@]1(C)NC(=O)N(c2cnc3c(n2)C2(C)COc4c(C)ccc(c42)O3)C1=O. The van der Waals surface area contributed by atoms with E-state index in [1.54, 1.807) is 6.92 Å². The largest absolute Gasteiger partial charge is 0.492 e. The number of rotatable bonds is 2. The summed E-state index contributed by atoms with van der Waals surface area (Å²) in [4.78, 5) is 35.4. The fourth-order valence-electron chi connectivity index (χ4n) is 4.08. The molecule has 0 radical (unpaired) electrons. The Morgan fingerprint density at radius 1 is 1.29 bits per heavy atom. The Kier molecular flexibility index (Phi) is 3.16. The van der Waals surface area contributed by atoms with Crippen molar-refractivity contribution in [2.75, 3.05) is 11.5 Å². The molecular weight excluding hydrogens is 360 g/mol. The van der Waals surface area contributed by atoms with E-state index in [1.165, 1.54) is 6.20 Å². The molecule has 4 heterocycles. The first-order chi connectivity index (χ1) is 13.3. The average molecular weight is 380 g/mol. The molecule has 5 rings (SSSR count). The molecule has 0 saturated carbocycles. The highest BCUT2D eigenvalue weighted by Crippen LogP contribution is 2.55. The number of nitrogens with one attached hydrogen (secondary N) is 1. The first-order valence-corrected chi connectivity index (χ1v) is 9.27. The van der Waals surface area contributed by atoms with Crippen molar-refractivity contribution in [1.29, 1.82) is 0 Å². The molecule has 1 N–H and O–H groups in total. The lowest BCUT2D eigenvalue weighted by Gasteiger charge is -2.30. The van der Waals surface area contributed by atoms with Crippen LogP contribution < -0.4 is 19.7 Å². The second kappa shape index (κ2) is 5.21. The number of nitrogens with zero attached hydrogens (tertiary/aromatic N) is 3. The van der Waals surface area contributed by atoms with Crippen LogP contribution in [-0.4, -0.2) is 34.1 Å². The molecule has 3 aliphatic rings. The number of fused-ring (bicyclic) bond motifs is 2. The first-order valence-electron chi connectivity index (χ1n) is 9.27. The van der Waals surface area contributed by atoms with Crippen LogP contribution in [0.25, 0.3) is 0 Å². The van der Waals surface area contributed by atoms with Crippen LogP contribution in [0, 0.1) is 6.92 Å². The number of ether oxygens (including phenoxy) is 2. The normalized spacial score (nSPS) is 27.1. The van der Waals surface area contributed by atoms with Crippen molar-refractivity contribution in [2.24, 2.45) is 0 Å². The summed E-state index contributed by atoms with van der Waals surface area (Å²) in [7, 11) is 0. The number of hydrogen-bond donors (Lipinski definition) is 1. The molecule has 3 amide bonds. The van der Waals surface area contributed by atoms with Gasteiger partial charge in [0.05, 0.1) is 17.2 Å². The maximum absolute atomic E-state index is 12.8. The Morgan fingerprint density at radius 2 is 2.07 bits per heavy atom. The molecule has 1 aromatic carbocycles. The minimum atomic E-state index is -0.942. The molecule has 1 saturated heterocycles. The minimum absolute atomic E-state index is 0.188. The molecular formula is C20H20N4O4. The molecule has 144 valence electrons. The van der Waals surface area contributed by atoms with Gasteiger partial charge in [0.25, 0.3) is 5.91 Å². The van der Waals surface area contributed by atoms with E-state index in [0.717, 1.165) is 21.8 Å². The Labute approximate surface area is 161 Å². The summed E-state index contributed by atoms with van der Waals surface area (Å²) in [6.45, 7) is 7.95. The number of benzene rings is 1. The number of aromatic nitrogens is 2. The van der Waals surface area contributed by atoms with Crippen molar-refractivity contribution >= 4 is 17.8 Å². The van der Waals surface area contributed by atoms with Crippen LogP contribution in [-0.2, 0) is 10.2 Å². The van der Waals surface area contributed by atoms with Gasteiger partial charge in [0.2, 0.25) is 5.88 Å². The first kappa shape index (κ1) is 17.0. The number of anilines is 1. The highest BCUT2D eigenvalue weighted by molar-refractivity contribution is 6.22.